The molecule has 1 saturated heterocycles. The van der Waals surface area contributed by atoms with Crippen LogP contribution in [0.3, 0.4) is 0 Å². The molecule has 1 fully saturated rings. The maximum Gasteiger partial charge on any atom is 0.410 e. The van der Waals surface area contributed by atoms with Crippen molar-refractivity contribution in [1.82, 2.24) is 9.88 Å². The first-order valence-electron chi connectivity index (χ1n) is 11.0. The van der Waals surface area contributed by atoms with Crippen molar-refractivity contribution in [3.63, 3.8) is 0 Å². The standard InChI is InChI=1S/C26H27ClFN3O3/c1-25(10-11-31(25)24(32)34-15-17-6-4-3-5-7-17)19-13-22(18-8-9-21(28)20(27)12-18)30-23(14-19)26(2,33)16-29/h3-9,12-14,33H,10-11,15-16,29H2,1-2H3/t25-,26?/m0/s1. The van der Waals surface area contributed by atoms with Gasteiger partial charge in [0.25, 0.3) is 0 Å². The lowest BCUT2D eigenvalue weighted by Crippen LogP contribution is -2.58. The van der Waals surface area contributed by atoms with Gasteiger partial charge in [0.2, 0.25) is 0 Å². The van der Waals surface area contributed by atoms with Crippen LogP contribution in [-0.4, -0.2) is 34.2 Å². The number of aromatic nitrogens is 1. The number of likely N-dealkylation sites (tertiary alicyclic amines) is 1. The molecule has 4 rings (SSSR count). The summed E-state index contributed by atoms with van der Waals surface area (Å²) in [5.74, 6) is -0.533. The van der Waals surface area contributed by atoms with Crippen molar-refractivity contribution in [2.45, 2.75) is 38.0 Å². The molecule has 1 aliphatic heterocycles. The first-order valence-corrected chi connectivity index (χ1v) is 11.4. The lowest BCUT2D eigenvalue weighted by molar-refractivity contribution is -0.0101. The van der Waals surface area contributed by atoms with E-state index in [1.165, 1.54) is 12.1 Å². The average Bonchev–Trinajstić information content (AvgIpc) is 2.83. The molecule has 1 aromatic heterocycles. The number of pyridine rings is 1. The Kier molecular flexibility index (Phi) is 6.62. The number of aliphatic hydroxyl groups is 1. The molecule has 3 aromatic rings. The molecule has 8 heteroatoms. The van der Waals surface area contributed by atoms with Gasteiger partial charge in [0.1, 0.15) is 18.0 Å². The maximum absolute atomic E-state index is 13.7. The number of amides is 1. The zero-order valence-corrected chi connectivity index (χ0v) is 19.8. The van der Waals surface area contributed by atoms with E-state index in [1.807, 2.05) is 43.3 Å². The number of nitrogens with zero attached hydrogens (tertiary/aromatic N) is 2. The summed E-state index contributed by atoms with van der Waals surface area (Å²) in [4.78, 5) is 19.2. The lowest BCUT2D eigenvalue weighted by atomic mass is 9.79. The van der Waals surface area contributed by atoms with Crippen molar-refractivity contribution in [2.24, 2.45) is 5.73 Å². The number of benzene rings is 2. The van der Waals surface area contributed by atoms with Crippen LogP contribution in [-0.2, 0) is 22.5 Å². The number of hydrogen-bond donors (Lipinski definition) is 2. The minimum Gasteiger partial charge on any atom is -0.445 e. The van der Waals surface area contributed by atoms with Crippen molar-refractivity contribution in [3.05, 3.63) is 88.3 Å². The number of carbonyl (C=O) groups is 1. The summed E-state index contributed by atoms with van der Waals surface area (Å²) < 4.78 is 19.3. The van der Waals surface area contributed by atoms with Gasteiger partial charge in [-0.3, -0.25) is 4.90 Å². The van der Waals surface area contributed by atoms with Crippen LogP contribution in [0.5, 0.6) is 0 Å². The summed E-state index contributed by atoms with van der Waals surface area (Å²) in [6.45, 7) is 4.18. The van der Waals surface area contributed by atoms with Gasteiger partial charge in [0.05, 0.1) is 21.9 Å². The van der Waals surface area contributed by atoms with Gasteiger partial charge in [0.15, 0.2) is 0 Å². The molecule has 6 nitrogen and oxygen atoms in total. The molecule has 0 spiro atoms. The van der Waals surface area contributed by atoms with Crippen LogP contribution in [0.25, 0.3) is 11.3 Å². The maximum atomic E-state index is 13.7. The normalized spacial score (nSPS) is 19.3. The number of rotatable bonds is 6. The first-order chi connectivity index (χ1) is 16.1. The van der Waals surface area contributed by atoms with Gasteiger partial charge in [-0.2, -0.15) is 0 Å². The fourth-order valence-electron chi connectivity index (χ4n) is 3.97. The van der Waals surface area contributed by atoms with Crippen LogP contribution in [0.2, 0.25) is 5.02 Å². The summed E-state index contributed by atoms with van der Waals surface area (Å²) in [7, 11) is 0. The smallest absolute Gasteiger partial charge is 0.410 e. The Labute approximate surface area is 203 Å². The Morgan fingerprint density at radius 3 is 2.62 bits per heavy atom. The second-order valence-corrected chi connectivity index (χ2v) is 9.36. The molecule has 0 saturated carbocycles. The molecule has 2 atom stereocenters. The number of ether oxygens (including phenoxy) is 1. The van der Waals surface area contributed by atoms with E-state index in [2.05, 4.69) is 4.98 Å². The van der Waals surface area contributed by atoms with Crippen molar-refractivity contribution in [1.29, 1.82) is 0 Å². The second kappa shape index (κ2) is 9.33. The molecule has 34 heavy (non-hydrogen) atoms. The third-order valence-corrected chi connectivity index (χ3v) is 6.75. The minimum atomic E-state index is -1.40. The molecule has 1 amide bonds. The zero-order valence-electron chi connectivity index (χ0n) is 19.1. The number of hydrogen-bond acceptors (Lipinski definition) is 5. The molecule has 2 aromatic carbocycles. The van der Waals surface area contributed by atoms with Gasteiger partial charge >= 0.3 is 6.09 Å². The Balaban J connectivity index is 1.68. The van der Waals surface area contributed by atoms with E-state index in [-0.39, 0.29) is 18.2 Å². The molecule has 1 aliphatic rings. The van der Waals surface area contributed by atoms with Crippen molar-refractivity contribution in [2.75, 3.05) is 13.1 Å². The summed E-state index contributed by atoms with van der Waals surface area (Å²) in [6, 6.07) is 17.4. The summed E-state index contributed by atoms with van der Waals surface area (Å²) in [5.41, 5.74) is 6.84. The SMILES string of the molecule is CC(O)(CN)c1cc([C@]2(C)CCN2C(=O)OCc2ccccc2)cc(-c2ccc(F)c(Cl)c2)n1. The third kappa shape index (κ3) is 4.64. The van der Waals surface area contributed by atoms with Gasteiger partial charge in [-0.15, -0.1) is 0 Å². The topological polar surface area (TPSA) is 88.7 Å². The summed E-state index contributed by atoms with van der Waals surface area (Å²) >= 11 is 6.00. The molecular formula is C26H27ClFN3O3. The predicted molar refractivity (Wildman–Crippen MR) is 129 cm³/mol. The van der Waals surface area contributed by atoms with Crippen LogP contribution < -0.4 is 5.73 Å². The molecule has 3 N–H and O–H groups in total. The molecular weight excluding hydrogens is 457 g/mol. The third-order valence-electron chi connectivity index (χ3n) is 6.46. The van der Waals surface area contributed by atoms with E-state index in [4.69, 9.17) is 22.1 Å². The van der Waals surface area contributed by atoms with Crippen molar-refractivity contribution < 1.29 is 19.0 Å². The van der Waals surface area contributed by atoms with Gasteiger partial charge in [-0.25, -0.2) is 14.2 Å². The predicted octanol–water partition coefficient (Wildman–Crippen LogP) is 4.97. The Morgan fingerprint density at radius 1 is 1.26 bits per heavy atom. The molecule has 0 bridgehead atoms. The fourth-order valence-corrected chi connectivity index (χ4v) is 4.16. The van der Waals surface area contributed by atoms with Crippen LogP contribution in [0.4, 0.5) is 9.18 Å². The monoisotopic (exact) mass is 483 g/mol. The van der Waals surface area contributed by atoms with Gasteiger partial charge in [-0.1, -0.05) is 41.9 Å². The highest BCUT2D eigenvalue weighted by atomic mass is 35.5. The molecule has 0 radical (unpaired) electrons. The summed E-state index contributed by atoms with van der Waals surface area (Å²) in [6.07, 6.45) is 0.276. The van der Waals surface area contributed by atoms with Gasteiger partial charge in [0, 0.05) is 18.7 Å². The van der Waals surface area contributed by atoms with Crippen LogP contribution in [0.15, 0.2) is 60.7 Å². The number of carbonyl (C=O) groups excluding carboxylic acids is 1. The minimum absolute atomic E-state index is 0.0298. The molecule has 178 valence electrons. The summed E-state index contributed by atoms with van der Waals surface area (Å²) in [5, 5.41) is 10.8. The van der Waals surface area contributed by atoms with E-state index in [1.54, 1.807) is 24.0 Å². The van der Waals surface area contributed by atoms with E-state index in [9.17, 15) is 14.3 Å². The zero-order chi connectivity index (χ0) is 24.5. The average molecular weight is 484 g/mol. The number of halogens is 2. The lowest BCUT2D eigenvalue weighted by Gasteiger charge is -2.50. The number of nitrogens with two attached hydrogens (primary N) is 1. The van der Waals surface area contributed by atoms with Gasteiger partial charge < -0.3 is 15.6 Å². The van der Waals surface area contributed by atoms with Crippen molar-refractivity contribution in [3.8, 4) is 11.3 Å². The molecule has 0 aliphatic carbocycles. The van der Waals surface area contributed by atoms with Gasteiger partial charge in [-0.05, 0) is 61.7 Å². The molecule has 1 unspecified atom stereocenters. The Morgan fingerprint density at radius 2 is 2.00 bits per heavy atom. The highest BCUT2D eigenvalue weighted by molar-refractivity contribution is 6.31. The first kappa shape index (κ1) is 24.1. The highest BCUT2D eigenvalue weighted by Gasteiger charge is 2.46. The largest absolute Gasteiger partial charge is 0.445 e. The van der Waals surface area contributed by atoms with Crippen molar-refractivity contribution >= 4 is 17.7 Å². The Bertz CT molecular complexity index is 1210. The molecule has 2 heterocycles. The van der Waals surface area contributed by atoms with E-state index < -0.39 is 23.1 Å². The second-order valence-electron chi connectivity index (χ2n) is 8.95. The Hall–Kier alpha value is -3.00. The highest BCUT2D eigenvalue weighted by Crippen LogP contribution is 2.42. The fraction of sp³-hybridized carbons (Fsp3) is 0.308. The van der Waals surface area contributed by atoms with E-state index in [0.717, 1.165) is 11.1 Å². The van der Waals surface area contributed by atoms with E-state index in [0.29, 0.717) is 29.9 Å². The van der Waals surface area contributed by atoms with Crippen LogP contribution in [0, 0.1) is 5.82 Å². The van der Waals surface area contributed by atoms with E-state index >= 15 is 0 Å². The van der Waals surface area contributed by atoms with Crippen LogP contribution >= 0.6 is 11.6 Å². The van der Waals surface area contributed by atoms with Crippen LogP contribution in [0.1, 0.15) is 37.1 Å². The quantitative estimate of drug-likeness (QED) is 0.517.